The molecule has 0 amide bonds. The molecule has 0 aliphatic heterocycles. The Morgan fingerprint density at radius 3 is 2.68 bits per heavy atom. The number of unbranched alkanes of at least 4 members (excludes halogenated alkanes) is 1. The molecule has 0 fully saturated rings. The maximum Gasteiger partial charge on any atom is 0.194 e. The number of nitrogens with zero attached hydrogens (tertiary/aromatic N) is 3. The summed E-state index contributed by atoms with van der Waals surface area (Å²) in [5, 5.41) is 3.35. The van der Waals surface area contributed by atoms with Crippen molar-refractivity contribution in [3.05, 3.63) is 22.4 Å². The number of aryl methyl sites for hydroxylation is 1. The highest BCUT2D eigenvalue weighted by Gasteiger charge is 2.09. The van der Waals surface area contributed by atoms with E-state index in [-0.39, 0.29) is 24.0 Å². The van der Waals surface area contributed by atoms with Crippen molar-refractivity contribution in [2.75, 3.05) is 47.1 Å². The van der Waals surface area contributed by atoms with Gasteiger partial charge in [-0.05, 0) is 41.8 Å². The molecule has 25 heavy (non-hydrogen) atoms. The van der Waals surface area contributed by atoms with E-state index in [2.05, 4.69) is 64.0 Å². The normalized spacial score (nSPS) is 11.3. The molecule has 0 aliphatic carbocycles. The zero-order valence-electron chi connectivity index (χ0n) is 15.8. The Morgan fingerprint density at radius 1 is 1.32 bits per heavy atom. The minimum atomic E-state index is 0. The molecule has 0 bridgehead atoms. The van der Waals surface area contributed by atoms with Gasteiger partial charge >= 0.3 is 0 Å². The maximum absolute atomic E-state index is 5.46. The van der Waals surface area contributed by atoms with Crippen LogP contribution < -0.4 is 5.32 Å². The second-order valence-electron chi connectivity index (χ2n) is 5.66. The van der Waals surface area contributed by atoms with Gasteiger partial charge in [0.15, 0.2) is 5.96 Å². The van der Waals surface area contributed by atoms with Gasteiger partial charge < -0.3 is 24.3 Å². The predicted octanol–water partition coefficient (Wildman–Crippen LogP) is 3.25. The van der Waals surface area contributed by atoms with Gasteiger partial charge in [-0.1, -0.05) is 0 Å². The van der Waals surface area contributed by atoms with Gasteiger partial charge in [-0.15, -0.1) is 24.0 Å². The summed E-state index contributed by atoms with van der Waals surface area (Å²) >= 11 is 3.52. The number of halogens is 2. The number of ether oxygens (including phenoxy) is 2. The lowest BCUT2D eigenvalue weighted by Gasteiger charge is -2.22. The fraction of sp³-hybridized carbons (Fsp3) is 0.706. The van der Waals surface area contributed by atoms with Crippen molar-refractivity contribution in [1.82, 2.24) is 14.8 Å². The van der Waals surface area contributed by atoms with E-state index in [1.54, 1.807) is 7.11 Å². The van der Waals surface area contributed by atoms with Gasteiger partial charge in [0, 0.05) is 57.3 Å². The summed E-state index contributed by atoms with van der Waals surface area (Å²) in [4.78, 5) is 6.86. The van der Waals surface area contributed by atoms with E-state index in [1.807, 2.05) is 0 Å². The van der Waals surface area contributed by atoms with E-state index in [0.29, 0.717) is 13.2 Å². The fourth-order valence-electron chi connectivity index (χ4n) is 2.26. The third-order valence-electron chi connectivity index (χ3n) is 3.56. The molecule has 146 valence electrons. The van der Waals surface area contributed by atoms with Crippen LogP contribution in [0.25, 0.3) is 0 Å². The number of hydrogen-bond donors (Lipinski definition) is 1. The molecule has 0 atom stereocenters. The first-order valence-corrected chi connectivity index (χ1v) is 9.24. The summed E-state index contributed by atoms with van der Waals surface area (Å²) < 4.78 is 13.6. The third-order valence-corrected chi connectivity index (χ3v) is 3.99. The van der Waals surface area contributed by atoms with Crippen LogP contribution in [0.2, 0.25) is 0 Å². The lowest BCUT2D eigenvalue weighted by atomic mass is 10.3. The van der Waals surface area contributed by atoms with Crippen LogP contribution >= 0.6 is 39.9 Å². The van der Waals surface area contributed by atoms with Crippen molar-refractivity contribution in [3.63, 3.8) is 0 Å². The van der Waals surface area contributed by atoms with E-state index in [1.165, 1.54) is 5.69 Å². The van der Waals surface area contributed by atoms with Crippen LogP contribution in [-0.2, 0) is 23.1 Å². The fourth-order valence-corrected chi connectivity index (χ4v) is 2.83. The van der Waals surface area contributed by atoms with Crippen LogP contribution in [0.1, 0.15) is 25.5 Å². The van der Waals surface area contributed by atoms with Crippen molar-refractivity contribution >= 4 is 45.9 Å². The van der Waals surface area contributed by atoms with Crippen molar-refractivity contribution in [3.8, 4) is 0 Å². The molecule has 1 rings (SSSR count). The molecule has 1 N–H and O–H groups in total. The Balaban J connectivity index is 0.00000576. The zero-order valence-corrected chi connectivity index (χ0v) is 19.7. The van der Waals surface area contributed by atoms with Gasteiger partial charge in [-0.3, -0.25) is 4.99 Å². The largest absolute Gasteiger partial charge is 0.382 e. The average molecular weight is 531 g/mol. The molecule has 0 saturated heterocycles. The molecular weight excluding hydrogens is 499 g/mol. The molecule has 1 heterocycles. The predicted molar refractivity (Wildman–Crippen MR) is 118 cm³/mol. The maximum atomic E-state index is 5.46. The highest BCUT2D eigenvalue weighted by molar-refractivity contribution is 14.0. The monoisotopic (exact) mass is 530 g/mol. The number of methoxy groups -OCH3 is 1. The van der Waals surface area contributed by atoms with Gasteiger partial charge in [0.05, 0.1) is 19.8 Å². The van der Waals surface area contributed by atoms with E-state index in [4.69, 9.17) is 14.5 Å². The van der Waals surface area contributed by atoms with Crippen LogP contribution in [0.3, 0.4) is 0 Å². The first-order chi connectivity index (χ1) is 11.6. The standard InChI is InChI=1S/C17H31BrN4O2.HI/c1-5-19-17(20-8-6-7-9-24-11-10-23-4)22(3)14-16-12-15(18)13-21(16)2;/h12-13H,5-11,14H2,1-4H3,(H,19,20);1H. The van der Waals surface area contributed by atoms with E-state index in [0.717, 1.165) is 49.5 Å². The number of aliphatic imine (C=N–C) groups is 1. The first-order valence-electron chi connectivity index (χ1n) is 8.45. The van der Waals surface area contributed by atoms with Crippen molar-refractivity contribution in [1.29, 1.82) is 0 Å². The minimum Gasteiger partial charge on any atom is -0.382 e. The van der Waals surface area contributed by atoms with Gasteiger partial charge in [0.2, 0.25) is 0 Å². The van der Waals surface area contributed by atoms with E-state index in [9.17, 15) is 0 Å². The van der Waals surface area contributed by atoms with E-state index < -0.39 is 0 Å². The lowest BCUT2D eigenvalue weighted by Crippen LogP contribution is -2.38. The van der Waals surface area contributed by atoms with Gasteiger partial charge in [0.1, 0.15) is 0 Å². The average Bonchev–Trinajstić information content (AvgIpc) is 2.86. The summed E-state index contributed by atoms with van der Waals surface area (Å²) in [5.41, 5.74) is 1.24. The molecule has 1 aromatic rings. The molecular formula is C17H32BrIN4O2. The lowest BCUT2D eigenvalue weighted by molar-refractivity contribution is 0.0690. The summed E-state index contributed by atoms with van der Waals surface area (Å²) in [6, 6.07) is 2.14. The van der Waals surface area contributed by atoms with Crippen LogP contribution in [-0.4, -0.2) is 62.5 Å². The Kier molecular flexibility index (Phi) is 14.6. The molecule has 0 radical (unpaired) electrons. The summed E-state index contributed by atoms with van der Waals surface area (Å²) in [5.74, 6) is 0.940. The second-order valence-corrected chi connectivity index (χ2v) is 6.58. The topological polar surface area (TPSA) is 51.0 Å². The summed E-state index contributed by atoms with van der Waals surface area (Å²) in [7, 11) is 5.81. The first kappa shape index (κ1) is 24.7. The van der Waals surface area contributed by atoms with Crippen LogP contribution in [0.15, 0.2) is 21.7 Å². The Bertz CT molecular complexity index is 497. The highest BCUT2D eigenvalue weighted by Crippen LogP contribution is 2.15. The molecule has 8 heteroatoms. The number of aromatic nitrogens is 1. The smallest absolute Gasteiger partial charge is 0.194 e. The molecule has 6 nitrogen and oxygen atoms in total. The number of rotatable bonds is 11. The highest BCUT2D eigenvalue weighted by atomic mass is 127. The van der Waals surface area contributed by atoms with Gasteiger partial charge in [0.25, 0.3) is 0 Å². The quantitative estimate of drug-likeness (QED) is 0.206. The third kappa shape index (κ3) is 10.4. The number of hydrogen-bond acceptors (Lipinski definition) is 3. The van der Waals surface area contributed by atoms with Gasteiger partial charge in [-0.2, -0.15) is 0 Å². The van der Waals surface area contributed by atoms with Crippen LogP contribution in [0.5, 0.6) is 0 Å². The van der Waals surface area contributed by atoms with Crippen molar-refractivity contribution in [2.24, 2.45) is 12.0 Å². The Labute approximate surface area is 177 Å². The van der Waals surface area contributed by atoms with Crippen LogP contribution in [0.4, 0.5) is 0 Å². The molecule has 0 spiro atoms. The molecule has 0 aromatic carbocycles. The molecule has 0 aliphatic rings. The van der Waals surface area contributed by atoms with Crippen molar-refractivity contribution in [2.45, 2.75) is 26.3 Å². The number of nitrogens with one attached hydrogen (secondary N) is 1. The van der Waals surface area contributed by atoms with E-state index >= 15 is 0 Å². The second kappa shape index (κ2) is 14.8. The Hall–Kier alpha value is -0.320. The minimum absolute atomic E-state index is 0. The summed E-state index contributed by atoms with van der Waals surface area (Å²) in [6.07, 6.45) is 4.10. The molecule has 0 unspecified atom stereocenters. The van der Waals surface area contributed by atoms with Gasteiger partial charge in [-0.25, -0.2) is 0 Å². The van der Waals surface area contributed by atoms with Crippen molar-refractivity contribution < 1.29 is 9.47 Å². The SMILES string of the molecule is CCNC(=NCCCCOCCOC)N(C)Cc1cc(Br)cn1C.I. The summed E-state index contributed by atoms with van der Waals surface area (Å²) in [6.45, 7) is 6.65. The zero-order chi connectivity index (χ0) is 17.8. The van der Waals surface area contributed by atoms with Crippen LogP contribution in [0, 0.1) is 0 Å². The Morgan fingerprint density at radius 2 is 2.08 bits per heavy atom. The molecule has 1 aromatic heterocycles. The molecule has 0 saturated carbocycles. The number of guanidine groups is 1.